The number of benzene rings is 1. The maximum Gasteiger partial charge on any atom is 0.218 e. The lowest BCUT2D eigenvalue weighted by Gasteiger charge is -2.31. The predicted octanol–water partition coefficient (Wildman–Crippen LogP) is 2.61. The molecular formula is C18H22FN3O3S. The third-order valence-corrected chi connectivity index (χ3v) is 6.11. The number of aromatic nitrogens is 2. The van der Waals surface area contributed by atoms with Crippen molar-refractivity contribution in [2.75, 3.05) is 13.1 Å². The van der Waals surface area contributed by atoms with E-state index in [9.17, 15) is 12.8 Å². The molecule has 3 rings (SSSR count). The summed E-state index contributed by atoms with van der Waals surface area (Å²) in [5.41, 5.74) is 1.29. The number of hydrogen-bond donors (Lipinski definition) is 0. The van der Waals surface area contributed by atoms with Crippen LogP contribution in [0.2, 0.25) is 0 Å². The van der Waals surface area contributed by atoms with Crippen molar-refractivity contribution in [3.8, 4) is 5.88 Å². The lowest BCUT2D eigenvalue weighted by Crippen LogP contribution is -2.42. The van der Waals surface area contributed by atoms with Crippen LogP contribution >= 0.6 is 0 Å². The third kappa shape index (κ3) is 4.76. The second kappa shape index (κ2) is 7.67. The standard InChI is InChI=1S/C18H22FN3O3S/c1-13-10-18(21-14(2)20-13)25-17-6-8-22(9-7-17)26(23,24)12-15-4-3-5-16(19)11-15/h3-5,10-11,17H,6-9,12H2,1-2H3. The van der Waals surface area contributed by atoms with Gasteiger partial charge in [-0.3, -0.25) is 0 Å². The monoisotopic (exact) mass is 379 g/mol. The minimum absolute atomic E-state index is 0.0793. The third-order valence-electron chi connectivity index (χ3n) is 4.26. The molecule has 1 aliphatic rings. The molecule has 0 aliphatic carbocycles. The van der Waals surface area contributed by atoms with Crippen LogP contribution in [0.15, 0.2) is 30.3 Å². The molecule has 6 nitrogen and oxygen atoms in total. The van der Waals surface area contributed by atoms with Crippen LogP contribution in [0, 0.1) is 19.7 Å². The van der Waals surface area contributed by atoms with E-state index in [0.717, 1.165) is 5.69 Å². The summed E-state index contributed by atoms with van der Waals surface area (Å²) in [6, 6.07) is 7.48. The molecule has 0 unspecified atom stereocenters. The molecule has 0 bridgehead atoms. The molecule has 0 N–H and O–H groups in total. The van der Waals surface area contributed by atoms with Crippen molar-refractivity contribution in [2.45, 2.75) is 38.5 Å². The van der Waals surface area contributed by atoms with E-state index in [4.69, 9.17) is 4.74 Å². The zero-order valence-corrected chi connectivity index (χ0v) is 15.7. The maximum absolute atomic E-state index is 13.3. The van der Waals surface area contributed by atoms with Crippen LogP contribution < -0.4 is 4.74 Å². The van der Waals surface area contributed by atoms with Crippen LogP contribution in [-0.4, -0.2) is 41.9 Å². The summed E-state index contributed by atoms with van der Waals surface area (Å²) in [6.07, 6.45) is 1.10. The van der Waals surface area contributed by atoms with Crippen molar-refractivity contribution in [1.29, 1.82) is 0 Å². The average molecular weight is 379 g/mol. The minimum Gasteiger partial charge on any atom is -0.474 e. The van der Waals surface area contributed by atoms with E-state index < -0.39 is 15.8 Å². The van der Waals surface area contributed by atoms with E-state index >= 15 is 0 Å². The molecule has 0 amide bonds. The smallest absolute Gasteiger partial charge is 0.218 e. The molecule has 0 radical (unpaired) electrons. The van der Waals surface area contributed by atoms with E-state index in [0.29, 0.717) is 43.2 Å². The zero-order valence-electron chi connectivity index (χ0n) is 14.9. The number of nitrogens with zero attached hydrogens (tertiary/aromatic N) is 3. The van der Waals surface area contributed by atoms with Gasteiger partial charge in [0, 0.05) is 24.8 Å². The Morgan fingerprint density at radius 1 is 1.19 bits per heavy atom. The summed E-state index contributed by atoms with van der Waals surface area (Å²) in [6.45, 7) is 4.45. The Labute approximate surface area is 153 Å². The van der Waals surface area contributed by atoms with E-state index in [1.54, 1.807) is 19.1 Å². The largest absolute Gasteiger partial charge is 0.474 e. The van der Waals surface area contributed by atoms with Gasteiger partial charge in [0.15, 0.2) is 0 Å². The summed E-state index contributed by atoms with van der Waals surface area (Å²) in [4.78, 5) is 8.47. The summed E-state index contributed by atoms with van der Waals surface area (Å²) in [5.74, 6) is 0.548. The van der Waals surface area contributed by atoms with Crippen molar-refractivity contribution in [3.05, 3.63) is 53.2 Å². The molecule has 0 spiro atoms. The topological polar surface area (TPSA) is 72.4 Å². The zero-order chi connectivity index (χ0) is 18.7. The lowest BCUT2D eigenvalue weighted by atomic mass is 10.1. The quantitative estimate of drug-likeness (QED) is 0.798. The van der Waals surface area contributed by atoms with Crippen LogP contribution in [0.3, 0.4) is 0 Å². The van der Waals surface area contributed by atoms with Gasteiger partial charge in [-0.1, -0.05) is 12.1 Å². The van der Waals surface area contributed by atoms with Crippen LogP contribution in [0.5, 0.6) is 5.88 Å². The second-order valence-corrected chi connectivity index (χ2v) is 8.47. The number of ether oxygens (including phenoxy) is 1. The molecule has 1 saturated heterocycles. The van der Waals surface area contributed by atoms with Gasteiger partial charge in [-0.2, -0.15) is 4.98 Å². The molecule has 26 heavy (non-hydrogen) atoms. The van der Waals surface area contributed by atoms with Crippen LogP contribution in [0.1, 0.15) is 29.9 Å². The number of sulfonamides is 1. The summed E-state index contributed by atoms with van der Waals surface area (Å²) < 4.78 is 45.7. The van der Waals surface area contributed by atoms with Gasteiger partial charge < -0.3 is 4.74 Å². The highest BCUT2D eigenvalue weighted by Crippen LogP contribution is 2.21. The highest BCUT2D eigenvalue weighted by Gasteiger charge is 2.29. The van der Waals surface area contributed by atoms with E-state index in [-0.39, 0.29) is 11.9 Å². The van der Waals surface area contributed by atoms with Crippen molar-refractivity contribution in [2.24, 2.45) is 0 Å². The minimum atomic E-state index is -3.48. The first kappa shape index (κ1) is 18.7. The predicted molar refractivity (Wildman–Crippen MR) is 95.8 cm³/mol. The van der Waals surface area contributed by atoms with Crippen LogP contribution in [0.4, 0.5) is 4.39 Å². The fraction of sp³-hybridized carbons (Fsp3) is 0.444. The highest BCUT2D eigenvalue weighted by molar-refractivity contribution is 7.88. The fourth-order valence-electron chi connectivity index (χ4n) is 3.07. The Morgan fingerprint density at radius 3 is 2.58 bits per heavy atom. The summed E-state index contributed by atoms with van der Waals surface area (Å²) in [7, 11) is -3.48. The van der Waals surface area contributed by atoms with Crippen molar-refractivity contribution in [1.82, 2.24) is 14.3 Å². The van der Waals surface area contributed by atoms with E-state index in [1.165, 1.54) is 22.5 Å². The van der Waals surface area contributed by atoms with Crippen molar-refractivity contribution >= 4 is 10.0 Å². The number of halogens is 1. The Hall–Kier alpha value is -2.06. The highest BCUT2D eigenvalue weighted by atomic mass is 32.2. The number of piperidine rings is 1. The Kier molecular flexibility index (Phi) is 5.52. The first-order valence-corrected chi connectivity index (χ1v) is 10.1. The van der Waals surface area contributed by atoms with Crippen LogP contribution in [0.25, 0.3) is 0 Å². The Balaban J connectivity index is 1.58. The SMILES string of the molecule is Cc1cc(OC2CCN(S(=O)(=O)Cc3cccc(F)c3)CC2)nc(C)n1. The summed E-state index contributed by atoms with van der Waals surface area (Å²) in [5, 5.41) is 0. The molecule has 8 heteroatoms. The van der Waals surface area contributed by atoms with E-state index in [1.807, 2.05) is 6.92 Å². The molecule has 1 aliphatic heterocycles. The fourth-order valence-corrected chi connectivity index (χ4v) is 4.62. The number of aryl methyl sites for hydroxylation is 2. The van der Waals surface area contributed by atoms with Gasteiger partial charge in [0.1, 0.15) is 17.7 Å². The molecule has 0 atom stereocenters. The van der Waals surface area contributed by atoms with Gasteiger partial charge in [-0.05, 0) is 44.4 Å². The van der Waals surface area contributed by atoms with Crippen LogP contribution in [-0.2, 0) is 15.8 Å². The van der Waals surface area contributed by atoms with Gasteiger partial charge in [-0.25, -0.2) is 22.1 Å². The number of rotatable bonds is 5. The normalized spacial score (nSPS) is 16.6. The first-order valence-electron chi connectivity index (χ1n) is 8.53. The first-order chi connectivity index (χ1) is 12.3. The molecule has 1 fully saturated rings. The molecule has 2 heterocycles. The van der Waals surface area contributed by atoms with Gasteiger partial charge in [-0.15, -0.1) is 0 Å². The molecule has 1 aromatic carbocycles. The van der Waals surface area contributed by atoms with Gasteiger partial charge in [0.05, 0.1) is 5.75 Å². The molecule has 1 aromatic heterocycles. The maximum atomic E-state index is 13.3. The van der Waals surface area contributed by atoms with Crippen molar-refractivity contribution in [3.63, 3.8) is 0 Å². The second-order valence-electron chi connectivity index (χ2n) is 6.50. The molecule has 2 aromatic rings. The van der Waals surface area contributed by atoms with Crippen molar-refractivity contribution < 1.29 is 17.5 Å². The van der Waals surface area contributed by atoms with Gasteiger partial charge >= 0.3 is 0 Å². The molecular weight excluding hydrogens is 357 g/mol. The van der Waals surface area contributed by atoms with Gasteiger partial charge in [0.2, 0.25) is 15.9 Å². The molecule has 140 valence electrons. The van der Waals surface area contributed by atoms with Gasteiger partial charge in [0.25, 0.3) is 0 Å². The molecule has 0 saturated carbocycles. The average Bonchev–Trinajstić information content (AvgIpc) is 2.54. The number of hydrogen-bond acceptors (Lipinski definition) is 5. The Morgan fingerprint density at radius 2 is 1.92 bits per heavy atom. The Bertz CT molecular complexity index is 861. The van der Waals surface area contributed by atoms with E-state index in [2.05, 4.69) is 9.97 Å². The lowest BCUT2D eigenvalue weighted by molar-refractivity contribution is 0.129. The summed E-state index contributed by atoms with van der Waals surface area (Å²) >= 11 is 0.